The van der Waals surface area contributed by atoms with E-state index in [9.17, 15) is 4.79 Å². The lowest BCUT2D eigenvalue weighted by molar-refractivity contribution is -0.142. The van der Waals surface area contributed by atoms with E-state index < -0.39 is 0 Å². The van der Waals surface area contributed by atoms with Gasteiger partial charge in [-0.2, -0.15) is 0 Å². The molecule has 0 aliphatic carbocycles. The molecule has 1 aromatic rings. The van der Waals surface area contributed by atoms with Crippen molar-refractivity contribution in [2.75, 3.05) is 27.4 Å². The van der Waals surface area contributed by atoms with Crippen LogP contribution in [0.2, 0.25) is 0 Å². The first-order valence-corrected chi connectivity index (χ1v) is 7.79. The van der Waals surface area contributed by atoms with E-state index in [4.69, 9.17) is 14.2 Å². The van der Waals surface area contributed by atoms with E-state index in [2.05, 4.69) is 0 Å². The zero-order valence-electron chi connectivity index (χ0n) is 13.2. The molecule has 2 saturated heterocycles. The molecular weight excluding hydrogens is 282 g/mol. The lowest BCUT2D eigenvalue weighted by Crippen LogP contribution is -2.55. The Bertz CT molecular complexity index is 516. The van der Waals surface area contributed by atoms with Crippen LogP contribution in [-0.4, -0.2) is 56.4 Å². The maximum atomic E-state index is 12.7. The van der Waals surface area contributed by atoms with Crippen molar-refractivity contribution in [3.63, 3.8) is 0 Å². The zero-order chi connectivity index (χ0) is 15.5. The summed E-state index contributed by atoms with van der Waals surface area (Å²) in [5.74, 6) is 0.974. The molecule has 0 bridgehead atoms. The molecule has 5 nitrogen and oxygen atoms in total. The summed E-state index contributed by atoms with van der Waals surface area (Å²) in [7, 11) is 3.36. The largest absolute Gasteiger partial charge is 0.497 e. The number of carbonyl (C=O) groups is 1. The van der Waals surface area contributed by atoms with E-state index in [1.807, 2.05) is 29.2 Å². The molecule has 3 atom stereocenters. The summed E-state index contributed by atoms with van der Waals surface area (Å²) >= 11 is 0. The number of methoxy groups -OCH3 is 2. The summed E-state index contributed by atoms with van der Waals surface area (Å²) in [6, 6.07) is 7.83. The van der Waals surface area contributed by atoms with Gasteiger partial charge in [0.1, 0.15) is 11.9 Å². The molecule has 22 heavy (non-hydrogen) atoms. The molecule has 0 radical (unpaired) electrons. The van der Waals surface area contributed by atoms with Crippen LogP contribution in [-0.2, 0) is 20.7 Å². The van der Waals surface area contributed by atoms with Crippen LogP contribution in [0.4, 0.5) is 0 Å². The molecule has 1 amide bonds. The Morgan fingerprint density at radius 1 is 1.27 bits per heavy atom. The fourth-order valence-electron chi connectivity index (χ4n) is 3.47. The Hall–Kier alpha value is -1.59. The van der Waals surface area contributed by atoms with Crippen molar-refractivity contribution in [3.8, 4) is 5.75 Å². The third-order valence-corrected chi connectivity index (χ3v) is 4.66. The van der Waals surface area contributed by atoms with Gasteiger partial charge in [0.05, 0.1) is 25.7 Å². The molecular formula is C17H23NO4. The predicted octanol–water partition coefficient (Wildman–Crippen LogP) is 1.64. The van der Waals surface area contributed by atoms with Crippen molar-refractivity contribution < 1.29 is 19.0 Å². The lowest BCUT2D eigenvalue weighted by Gasteiger charge is -2.40. The number of hydrogen-bond acceptors (Lipinski definition) is 4. The zero-order valence-corrected chi connectivity index (χ0v) is 13.2. The Morgan fingerprint density at radius 3 is 2.73 bits per heavy atom. The molecule has 0 saturated carbocycles. The van der Waals surface area contributed by atoms with Gasteiger partial charge in [0.25, 0.3) is 0 Å². The second-order valence-electron chi connectivity index (χ2n) is 5.87. The van der Waals surface area contributed by atoms with E-state index in [0.29, 0.717) is 13.0 Å². The van der Waals surface area contributed by atoms with Crippen LogP contribution in [0.5, 0.6) is 5.75 Å². The number of rotatable bonds is 4. The van der Waals surface area contributed by atoms with Crippen molar-refractivity contribution in [2.24, 2.45) is 0 Å². The van der Waals surface area contributed by atoms with Crippen molar-refractivity contribution in [1.82, 2.24) is 4.90 Å². The molecule has 5 heteroatoms. The molecule has 3 rings (SSSR count). The smallest absolute Gasteiger partial charge is 0.227 e. The Morgan fingerprint density at radius 2 is 2.05 bits per heavy atom. The average molecular weight is 305 g/mol. The van der Waals surface area contributed by atoms with Crippen LogP contribution >= 0.6 is 0 Å². The van der Waals surface area contributed by atoms with Crippen LogP contribution in [0.3, 0.4) is 0 Å². The number of likely N-dealkylation sites (tertiary alicyclic amines) is 1. The normalized spacial score (nSPS) is 27.5. The monoisotopic (exact) mass is 305 g/mol. The van der Waals surface area contributed by atoms with Gasteiger partial charge in [-0.25, -0.2) is 0 Å². The van der Waals surface area contributed by atoms with E-state index >= 15 is 0 Å². The Labute approximate surface area is 131 Å². The Balaban J connectivity index is 1.66. The first-order chi connectivity index (χ1) is 10.7. The molecule has 2 aliphatic heterocycles. The second-order valence-corrected chi connectivity index (χ2v) is 5.87. The third-order valence-electron chi connectivity index (χ3n) is 4.66. The van der Waals surface area contributed by atoms with Gasteiger partial charge in [-0.15, -0.1) is 0 Å². The molecule has 2 heterocycles. The van der Waals surface area contributed by atoms with Crippen molar-refractivity contribution in [3.05, 3.63) is 29.8 Å². The lowest BCUT2D eigenvalue weighted by atomic mass is 9.95. The minimum Gasteiger partial charge on any atom is -0.497 e. The highest BCUT2D eigenvalue weighted by Crippen LogP contribution is 2.30. The summed E-state index contributed by atoms with van der Waals surface area (Å²) in [5.41, 5.74) is 1.01. The highest BCUT2D eigenvalue weighted by molar-refractivity contribution is 5.79. The van der Waals surface area contributed by atoms with Crippen molar-refractivity contribution in [1.29, 1.82) is 0 Å². The van der Waals surface area contributed by atoms with Crippen LogP contribution < -0.4 is 4.74 Å². The van der Waals surface area contributed by atoms with Crippen molar-refractivity contribution in [2.45, 2.75) is 37.5 Å². The number of amides is 1. The van der Waals surface area contributed by atoms with E-state index in [1.54, 1.807) is 14.2 Å². The first kappa shape index (κ1) is 15.3. The number of hydrogen-bond donors (Lipinski definition) is 0. The Kier molecular flexibility index (Phi) is 4.64. The average Bonchev–Trinajstić information content (AvgIpc) is 3.04. The molecule has 0 spiro atoms. The summed E-state index contributed by atoms with van der Waals surface area (Å²) in [6.45, 7) is 1.46. The minimum absolute atomic E-state index is 0.0265. The standard InChI is InChI=1S/C17H23NO4/c1-20-13-5-3-12(4-6-13)11-16(19)18-9-7-15(21-2)17-14(18)8-10-22-17/h3-6,14-15,17H,7-11H2,1-2H3/t14-,15+,17-/m0/s1. The molecule has 120 valence electrons. The van der Waals surface area contributed by atoms with Crippen LogP contribution in [0, 0.1) is 0 Å². The van der Waals surface area contributed by atoms with Gasteiger partial charge in [-0.1, -0.05) is 12.1 Å². The van der Waals surface area contributed by atoms with Crippen LogP contribution in [0.1, 0.15) is 18.4 Å². The fraction of sp³-hybridized carbons (Fsp3) is 0.588. The number of benzene rings is 1. The number of piperidine rings is 1. The van der Waals surface area contributed by atoms with Crippen LogP contribution in [0.15, 0.2) is 24.3 Å². The predicted molar refractivity (Wildman–Crippen MR) is 82.0 cm³/mol. The molecule has 0 N–H and O–H groups in total. The fourth-order valence-corrected chi connectivity index (χ4v) is 3.47. The quantitative estimate of drug-likeness (QED) is 0.848. The SMILES string of the molecule is COc1ccc(CC(=O)N2CC[C@@H](OC)[C@H]3OCC[C@@H]32)cc1. The summed E-state index contributed by atoms with van der Waals surface area (Å²) in [5, 5.41) is 0. The van der Waals surface area contributed by atoms with Gasteiger partial charge in [-0.05, 0) is 30.5 Å². The van der Waals surface area contributed by atoms with E-state index in [0.717, 1.165) is 30.7 Å². The highest BCUT2D eigenvalue weighted by Gasteiger charge is 2.43. The van der Waals surface area contributed by atoms with E-state index in [-0.39, 0.29) is 24.2 Å². The number of ether oxygens (including phenoxy) is 3. The van der Waals surface area contributed by atoms with Crippen molar-refractivity contribution >= 4 is 5.91 Å². The maximum absolute atomic E-state index is 12.7. The summed E-state index contributed by atoms with van der Waals surface area (Å²) in [4.78, 5) is 14.6. The topological polar surface area (TPSA) is 48.0 Å². The first-order valence-electron chi connectivity index (χ1n) is 7.79. The molecule has 2 aliphatic rings. The number of carbonyl (C=O) groups excluding carboxylic acids is 1. The molecule has 1 aromatic carbocycles. The number of nitrogens with zero attached hydrogens (tertiary/aromatic N) is 1. The highest BCUT2D eigenvalue weighted by atomic mass is 16.5. The van der Waals surface area contributed by atoms with Gasteiger partial charge in [-0.3, -0.25) is 4.79 Å². The minimum atomic E-state index is 0.0265. The maximum Gasteiger partial charge on any atom is 0.227 e. The van der Waals surface area contributed by atoms with E-state index in [1.165, 1.54) is 0 Å². The van der Waals surface area contributed by atoms with Crippen LogP contribution in [0.25, 0.3) is 0 Å². The second kappa shape index (κ2) is 6.67. The van der Waals surface area contributed by atoms with Gasteiger partial charge in [0.2, 0.25) is 5.91 Å². The number of fused-ring (bicyclic) bond motifs is 1. The van der Waals surface area contributed by atoms with Gasteiger partial charge in [0.15, 0.2) is 0 Å². The molecule has 0 aromatic heterocycles. The van der Waals surface area contributed by atoms with Gasteiger partial charge >= 0.3 is 0 Å². The molecule has 2 fully saturated rings. The molecule has 0 unspecified atom stereocenters. The third kappa shape index (κ3) is 2.96. The summed E-state index contributed by atoms with van der Waals surface area (Å²) in [6.07, 6.45) is 2.30. The summed E-state index contributed by atoms with van der Waals surface area (Å²) < 4.78 is 16.4. The van der Waals surface area contributed by atoms with Gasteiger partial charge in [0, 0.05) is 20.3 Å². The van der Waals surface area contributed by atoms with Gasteiger partial charge < -0.3 is 19.1 Å².